The Balaban J connectivity index is 0.000000224. The Hall–Kier alpha value is -7.09. The maximum absolute atomic E-state index is 13.2. The highest BCUT2D eigenvalue weighted by Crippen LogP contribution is 2.48. The number of thioether (sulfide) groups is 1. The van der Waals surface area contributed by atoms with Gasteiger partial charge in [-0.2, -0.15) is 21.6 Å². The predicted molar refractivity (Wildman–Crippen MR) is 526 cm³/mol. The maximum atomic E-state index is 13.2. The number of ether oxygens (including phenoxy) is 2. The van der Waals surface area contributed by atoms with Gasteiger partial charge >= 0.3 is 27.6 Å². The summed E-state index contributed by atoms with van der Waals surface area (Å²) in [4.78, 5) is 50.9. The van der Waals surface area contributed by atoms with Crippen LogP contribution in [0.15, 0.2) is 129 Å². The minimum atomic E-state index is -5.97. The Kier molecular flexibility index (Phi) is 35.0. The Labute approximate surface area is 829 Å². The molecule has 0 aliphatic rings. The summed E-state index contributed by atoms with van der Waals surface area (Å²) in [7, 11) is -22.6. The lowest BCUT2D eigenvalue weighted by Gasteiger charge is -2.25. The lowest BCUT2D eigenvalue weighted by molar-refractivity contribution is -0.146. The van der Waals surface area contributed by atoms with E-state index in [2.05, 4.69) is 67.5 Å². The monoisotopic (exact) mass is 2150 g/mol. The highest BCUT2D eigenvalue weighted by Gasteiger charge is 2.52. The normalized spacial score (nSPS) is 13.5. The molecule has 0 aliphatic carbocycles. The molecular weight excluding hydrogens is 2040 g/mol. The number of rotatable bonds is 19. The molecule has 0 radical (unpaired) electrons. The molecule has 6 aromatic heterocycles. The molecule has 0 amide bonds. The SMILES string of the molecule is CC(C)(C)c1nc2ccc(Cl)c(S(=O)(=O)C(C)(C)CF)c2o1.CC(C)(C)c1nc2ccc(Cl)c(S(=O)(=O)C(C)(C)CO)c2o1.CC(C)(C)c1nc2ccc(Cl)c(S(=O)(=O)C(C)(C)COS(=O)(=O)C(F)(F)F)c2o1.CC(C)(C)c1nc2ccc(Cl)c(S)c2o1.CCOC(=O)C(C)(C)S(=O)(=O)c1c(Cl)ccc2nc(C(C)(C)C)oc12.CCOC(=O)C(C)(C)Sc1c(Cl)ccc2nc(C(C)(C)C)oc12. The van der Waals surface area contributed by atoms with E-state index in [1.165, 1.54) is 83.6 Å². The van der Waals surface area contributed by atoms with Crippen LogP contribution in [0, 0.1) is 0 Å². The van der Waals surface area contributed by atoms with Crippen molar-refractivity contribution in [2.24, 2.45) is 0 Å². The van der Waals surface area contributed by atoms with Gasteiger partial charge in [0.05, 0.1) is 80.6 Å². The van der Waals surface area contributed by atoms with Crippen LogP contribution >= 0.6 is 94.0 Å². The Morgan fingerprint density at radius 2 is 0.618 bits per heavy atom. The van der Waals surface area contributed by atoms with Gasteiger partial charge in [0.25, 0.3) is 0 Å². The highest BCUT2D eigenvalue weighted by molar-refractivity contribution is 8.01. The van der Waals surface area contributed by atoms with Crippen molar-refractivity contribution in [3.05, 3.63) is 138 Å². The van der Waals surface area contributed by atoms with Crippen molar-refractivity contribution < 1.29 is 115 Å². The van der Waals surface area contributed by atoms with E-state index in [0.717, 1.165) is 24.9 Å². The number of aliphatic hydroxyl groups is 1. The van der Waals surface area contributed by atoms with Crippen molar-refractivity contribution in [1.82, 2.24) is 29.9 Å². The molecule has 12 aromatic rings. The first-order chi connectivity index (χ1) is 61.4. The molecule has 0 aliphatic heterocycles. The number of carbonyl (C=O) groups excluding carboxylic acids is 2. The number of carbonyl (C=O) groups is 2. The standard InChI is InChI=1S/C17H22ClNO5S.C17H22ClNO3S.C16H19ClF3NO6S2.C15H19ClFNO3S.C15H20ClNO4S.C11H12ClNOS/c1-7-23-15(20)17(5,6)25(21,22)13-10(18)8-9-11-12(13)24-14(19-11)16(2,3)4;1-7-21-15(20)17(5,6)23-13-10(18)8-9-11-12(13)22-14(19-11)16(2,3)4;1-14(2,3)13-21-10-7-6-9(17)12(11(10)27-13)28(22,23)15(4,5)8-26-29(24,25)16(18,19)20;1-14(2,3)13-18-10-7-6-9(16)12(11(10)21-13)22(19,20)15(4,5)8-17;1-14(2,3)13-17-10-7-6-9(16)12(11(10)21-13)22(19,20)15(4,5)8-18;1-11(2,3)10-13-7-5-4-6(12)9(15)8(7)14-10/h8-9H,7H2,1-6H3;8-9H,7H2,1-6H3;6-7H,8H2,1-5H3;6-7H,8H2,1-5H3;6-7,18H,8H2,1-5H3;4-5,15H,1-3H3. The Bertz CT molecular complexity index is 6970. The number of hydrogen-bond donors (Lipinski definition) is 2. The second kappa shape index (κ2) is 41.1. The molecule has 0 atom stereocenters. The van der Waals surface area contributed by atoms with E-state index in [4.69, 9.17) is 106 Å². The molecule has 0 bridgehead atoms. The summed E-state index contributed by atoms with van der Waals surface area (Å²) < 4.78 is 218. The van der Waals surface area contributed by atoms with E-state index in [-0.39, 0.29) is 103 Å². The van der Waals surface area contributed by atoms with E-state index >= 15 is 0 Å². The molecule has 6 heterocycles. The lowest BCUT2D eigenvalue weighted by atomic mass is 9.97. The van der Waals surface area contributed by atoms with Crippen LogP contribution in [-0.2, 0) is 105 Å². The fourth-order valence-electron chi connectivity index (χ4n) is 11.3. The molecule has 0 spiro atoms. The number of nitrogens with zero attached hydrogens (tertiary/aromatic N) is 6. The largest absolute Gasteiger partial charge is 0.523 e. The van der Waals surface area contributed by atoms with Gasteiger partial charge in [0.15, 0.2) is 77.6 Å². The average molecular weight is 2160 g/mol. The summed E-state index contributed by atoms with van der Waals surface area (Å²) in [6.07, 6.45) is 0. The van der Waals surface area contributed by atoms with Crippen molar-refractivity contribution in [2.45, 2.75) is 299 Å². The van der Waals surface area contributed by atoms with Gasteiger partial charge in [-0.1, -0.05) is 194 Å². The molecule has 0 fully saturated rings. The van der Waals surface area contributed by atoms with Crippen molar-refractivity contribution in [3.63, 3.8) is 0 Å². The number of esters is 2. The fourth-order valence-corrected chi connectivity index (χ4v) is 21.3. The molecule has 45 heteroatoms. The third-order valence-electron chi connectivity index (χ3n) is 20.0. The van der Waals surface area contributed by atoms with Gasteiger partial charge in [-0.15, -0.1) is 24.4 Å². The number of thiol groups is 1. The number of aliphatic hydroxyl groups excluding tert-OH is 1. The van der Waals surface area contributed by atoms with Crippen LogP contribution in [0.5, 0.6) is 0 Å². The molecule has 0 unspecified atom stereocenters. The van der Waals surface area contributed by atoms with Gasteiger partial charge in [-0.3, -0.25) is 13.8 Å². The lowest BCUT2D eigenvalue weighted by Crippen LogP contribution is -2.42. The molecular formula is C91H114Cl6F4N6O22S7. The third-order valence-corrected chi connectivity index (χ3v) is 35.3. The second-order valence-electron chi connectivity index (χ2n) is 40.3. The first-order valence-electron chi connectivity index (χ1n) is 41.8. The summed E-state index contributed by atoms with van der Waals surface area (Å²) >= 11 is 42.4. The average Bonchev–Trinajstić information content (AvgIpc) is 1.55. The fraction of sp³-hybridized carbons (Fsp3) is 0.516. The van der Waals surface area contributed by atoms with E-state index in [1.54, 1.807) is 65.0 Å². The van der Waals surface area contributed by atoms with Crippen molar-refractivity contribution in [1.29, 1.82) is 0 Å². The first kappa shape index (κ1) is 116. The maximum Gasteiger partial charge on any atom is 0.523 e. The molecule has 12 rings (SSSR count). The van der Waals surface area contributed by atoms with Crippen LogP contribution in [0.25, 0.3) is 66.6 Å². The van der Waals surface area contributed by atoms with Gasteiger partial charge in [-0.05, 0) is 156 Å². The zero-order valence-corrected chi connectivity index (χ0v) is 91.2. The summed E-state index contributed by atoms with van der Waals surface area (Å²) in [5, 5.41) is 10.3. The van der Waals surface area contributed by atoms with Crippen LogP contribution in [0.3, 0.4) is 0 Å². The third kappa shape index (κ3) is 25.0. The molecule has 0 saturated heterocycles. The minimum Gasteiger partial charge on any atom is -0.465 e. The van der Waals surface area contributed by atoms with Crippen LogP contribution in [0.1, 0.15) is 243 Å². The number of sulfone groups is 4. The number of fused-ring (bicyclic) bond motifs is 6. The Morgan fingerprint density at radius 3 is 0.904 bits per heavy atom. The van der Waals surface area contributed by atoms with Crippen molar-refractivity contribution >= 4 is 222 Å². The van der Waals surface area contributed by atoms with Crippen LogP contribution in [-0.4, -0.2) is 151 Å². The summed E-state index contributed by atoms with van der Waals surface area (Å²) in [5.41, 5.74) is -3.43. The number of halogens is 10. The number of hydrogen-bond acceptors (Lipinski definition) is 30. The summed E-state index contributed by atoms with van der Waals surface area (Å²) in [5.74, 6) is 1.66. The smallest absolute Gasteiger partial charge is 0.465 e. The quantitative estimate of drug-likeness (QED) is 0.0190. The summed E-state index contributed by atoms with van der Waals surface area (Å²) in [6, 6.07) is 19.1. The van der Waals surface area contributed by atoms with Gasteiger partial charge < -0.3 is 41.1 Å². The molecule has 6 aromatic carbocycles. The second-order valence-corrected chi connectivity index (χ2v) is 56.4. The van der Waals surface area contributed by atoms with Gasteiger partial charge in [0, 0.05) is 32.5 Å². The van der Waals surface area contributed by atoms with E-state index in [1.807, 2.05) is 109 Å². The van der Waals surface area contributed by atoms with Crippen LogP contribution in [0.4, 0.5) is 17.6 Å². The number of benzene rings is 6. The summed E-state index contributed by atoms with van der Waals surface area (Å²) in [6.45, 7) is 49.5. The predicted octanol–water partition coefficient (Wildman–Crippen LogP) is 25.0. The number of oxazole rings is 6. The first-order valence-corrected chi connectivity index (χ1v) is 52.7. The molecule has 0 saturated carbocycles. The topological polar surface area (TPSA) is 409 Å². The minimum absolute atomic E-state index is 0.00522. The van der Waals surface area contributed by atoms with Gasteiger partial charge in [-0.25, -0.2) is 68.0 Å². The van der Waals surface area contributed by atoms with Crippen LogP contribution in [0.2, 0.25) is 30.1 Å². The number of alkyl halides is 4. The highest BCUT2D eigenvalue weighted by atomic mass is 35.5. The molecule has 752 valence electrons. The number of aromatic nitrogens is 6. The Morgan fingerprint density at radius 1 is 0.368 bits per heavy atom. The zero-order valence-electron chi connectivity index (χ0n) is 80.8. The van der Waals surface area contributed by atoms with Crippen molar-refractivity contribution in [2.75, 3.05) is 33.1 Å². The molecule has 136 heavy (non-hydrogen) atoms. The van der Waals surface area contributed by atoms with Gasteiger partial charge in [0.1, 0.15) is 64.1 Å². The van der Waals surface area contributed by atoms with E-state index in [9.17, 15) is 74.3 Å². The van der Waals surface area contributed by atoms with Gasteiger partial charge in [0.2, 0.25) is 35.3 Å². The zero-order chi connectivity index (χ0) is 104. The molecule has 28 nitrogen and oxygen atoms in total. The van der Waals surface area contributed by atoms with E-state index < -0.39 is 120 Å². The van der Waals surface area contributed by atoms with E-state index in [0.29, 0.717) is 83.6 Å². The van der Waals surface area contributed by atoms with Crippen molar-refractivity contribution in [3.8, 4) is 0 Å². The van der Waals surface area contributed by atoms with Crippen LogP contribution < -0.4 is 0 Å². The molecule has 1 N–H and O–H groups in total.